The summed E-state index contributed by atoms with van der Waals surface area (Å²) in [4.78, 5) is 7.22. The van der Waals surface area contributed by atoms with Gasteiger partial charge in [-0.15, -0.1) is 0 Å². The van der Waals surface area contributed by atoms with Crippen LogP contribution in [0.25, 0.3) is 11.1 Å². The van der Waals surface area contributed by atoms with E-state index in [4.69, 9.17) is 12.2 Å². The molecule has 0 atom stereocenters. The van der Waals surface area contributed by atoms with E-state index >= 15 is 0 Å². The molecule has 4 heteroatoms. The maximum atomic E-state index is 9.34. The van der Waals surface area contributed by atoms with Gasteiger partial charge in [0.15, 0.2) is 0 Å². The molecule has 0 saturated heterocycles. The van der Waals surface area contributed by atoms with E-state index in [1.165, 1.54) is 11.3 Å². The monoisotopic (exact) mass is 253 g/mol. The van der Waals surface area contributed by atoms with Gasteiger partial charge in [0.05, 0.1) is 5.56 Å². The lowest BCUT2D eigenvalue weighted by molar-refractivity contribution is 0.899. The number of aromatic nitrogens is 2. The van der Waals surface area contributed by atoms with Crippen LogP contribution in [-0.2, 0) is 12.8 Å². The van der Waals surface area contributed by atoms with Gasteiger partial charge in [-0.2, -0.15) is 5.26 Å². The van der Waals surface area contributed by atoms with Gasteiger partial charge in [-0.05, 0) is 42.5 Å². The third-order valence-electron chi connectivity index (χ3n) is 3.34. The highest BCUT2D eigenvalue weighted by atomic mass is 32.1. The lowest BCUT2D eigenvalue weighted by Gasteiger charge is -2.11. The molecule has 88 valence electrons. The average Bonchev–Trinajstić information content (AvgIpc) is 2.85. The molecule has 0 amide bonds. The number of hydrogen-bond acceptors (Lipinski definition) is 3. The summed E-state index contributed by atoms with van der Waals surface area (Å²) in [5.74, 6) is 0. The smallest absolute Gasteiger partial charge is 0.122 e. The van der Waals surface area contributed by atoms with Gasteiger partial charge in [-0.1, -0.05) is 12.2 Å². The fourth-order valence-electron chi connectivity index (χ4n) is 2.57. The van der Waals surface area contributed by atoms with E-state index in [1.807, 2.05) is 12.1 Å². The molecular formula is C14H11N3S. The molecule has 2 aromatic rings. The quantitative estimate of drug-likeness (QED) is 0.794. The van der Waals surface area contributed by atoms with E-state index in [9.17, 15) is 5.26 Å². The van der Waals surface area contributed by atoms with Crippen LogP contribution in [0.3, 0.4) is 0 Å². The first-order valence-corrected chi connectivity index (χ1v) is 6.30. The number of pyridine rings is 2. The van der Waals surface area contributed by atoms with Crippen molar-refractivity contribution in [1.29, 1.82) is 5.26 Å². The Morgan fingerprint density at radius 3 is 2.78 bits per heavy atom. The van der Waals surface area contributed by atoms with Crippen molar-refractivity contribution >= 4 is 12.2 Å². The Hall–Kier alpha value is -1.99. The summed E-state index contributed by atoms with van der Waals surface area (Å²) < 4.78 is 0.546. The maximum Gasteiger partial charge on any atom is 0.122 e. The number of nitriles is 1. The van der Waals surface area contributed by atoms with Crippen LogP contribution in [0, 0.1) is 16.0 Å². The summed E-state index contributed by atoms with van der Waals surface area (Å²) in [7, 11) is 0. The van der Waals surface area contributed by atoms with E-state index in [-0.39, 0.29) is 0 Å². The molecule has 18 heavy (non-hydrogen) atoms. The summed E-state index contributed by atoms with van der Waals surface area (Å²) in [6.07, 6.45) is 6.64. The Bertz CT molecular complexity index is 695. The molecule has 2 aromatic heterocycles. The fourth-order valence-corrected chi connectivity index (χ4v) is 2.84. The molecule has 0 fully saturated rings. The number of fused-ring (bicyclic) bond motifs is 1. The summed E-state index contributed by atoms with van der Waals surface area (Å²) in [5.41, 5.74) is 5.03. The van der Waals surface area contributed by atoms with Crippen LogP contribution >= 0.6 is 12.2 Å². The van der Waals surface area contributed by atoms with Crippen LogP contribution < -0.4 is 0 Å². The number of nitrogens with zero attached hydrogens (tertiary/aromatic N) is 2. The SMILES string of the molecule is N#Cc1c(-c2ccncc2)c2c([nH]c1=S)CCC2. The lowest BCUT2D eigenvalue weighted by atomic mass is 9.96. The number of nitrogens with one attached hydrogen (secondary N) is 1. The second-order valence-corrected chi connectivity index (χ2v) is 4.77. The molecule has 1 aliphatic carbocycles. The Morgan fingerprint density at radius 1 is 1.28 bits per heavy atom. The Kier molecular flexibility index (Phi) is 2.69. The molecule has 3 nitrogen and oxygen atoms in total. The minimum Gasteiger partial charge on any atom is -0.349 e. The number of aromatic amines is 1. The molecule has 2 heterocycles. The van der Waals surface area contributed by atoms with Crippen LogP contribution in [0.5, 0.6) is 0 Å². The van der Waals surface area contributed by atoms with Crippen molar-refractivity contribution in [2.24, 2.45) is 0 Å². The molecule has 1 N–H and O–H groups in total. The first kappa shape index (κ1) is 11.1. The molecule has 0 aliphatic heterocycles. The minimum atomic E-state index is 0.546. The van der Waals surface area contributed by atoms with Gasteiger partial charge in [-0.25, -0.2) is 0 Å². The highest BCUT2D eigenvalue weighted by Gasteiger charge is 2.20. The first-order chi connectivity index (χ1) is 8.81. The predicted octanol–water partition coefficient (Wildman–Crippen LogP) is 3.17. The molecule has 0 radical (unpaired) electrons. The highest BCUT2D eigenvalue weighted by Crippen LogP contribution is 2.34. The standard InChI is InChI=1S/C14H11N3S/c15-8-11-13(9-4-6-16-7-5-9)10-2-1-3-12(10)17-14(11)18/h4-7H,1-3H2,(H,17,18). The number of rotatable bonds is 1. The number of aryl methyl sites for hydroxylation is 1. The van der Waals surface area contributed by atoms with Crippen molar-refractivity contribution in [3.05, 3.63) is 46.0 Å². The molecule has 0 spiro atoms. The highest BCUT2D eigenvalue weighted by molar-refractivity contribution is 7.71. The summed E-state index contributed by atoms with van der Waals surface area (Å²) in [6, 6.07) is 6.10. The molecule has 0 bridgehead atoms. The fraction of sp³-hybridized carbons (Fsp3) is 0.214. The van der Waals surface area contributed by atoms with Gasteiger partial charge in [0.2, 0.25) is 0 Å². The Labute approximate surface area is 110 Å². The summed E-state index contributed by atoms with van der Waals surface area (Å²) in [5, 5.41) is 9.34. The van der Waals surface area contributed by atoms with Crippen molar-refractivity contribution in [2.45, 2.75) is 19.3 Å². The summed E-state index contributed by atoms with van der Waals surface area (Å²) >= 11 is 5.29. The van der Waals surface area contributed by atoms with Crippen molar-refractivity contribution in [3.63, 3.8) is 0 Å². The van der Waals surface area contributed by atoms with Gasteiger partial charge < -0.3 is 4.98 Å². The van der Waals surface area contributed by atoms with Crippen molar-refractivity contribution in [2.75, 3.05) is 0 Å². The maximum absolute atomic E-state index is 9.34. The zero-order valence-corrected chi connectivity index (χ0v) is 10.5. The molecule has 0 unspecified atom stereocenters. The molecule has 1 aliphatic rings. The second kappa shape index (κ2) is 4.35. The van der Waals surface area contributed by atoms with E-state index in [0.29, 0.717) is 10.2 Å². The van der Waals surface area contributed by atoms with Crippen LogP contribution in [0.2, 0.25) is 0 Å². The lowest BCUT2D eigenvalue weighted by Crippen LogP contribution is -1.98. The minimum absolute atomic E-state index is 0.546. The van der Waals surface area contributed by atoms with E-state index in [1.54, 1.807) is 12.4 Å². The van der Waals surface area contributed by atoms with Gasteiger partial charge in [-0.3, -0.25) is 4.98 Å². The first-order valence-electron chi connectivity index (χ1n) is 5.90. The third kappa shape index (κ3) is 1.64. The van der Waals surface area contributed by atoms with Crippen molar-refractivity contribution in [1.82, 2.24) is 9.97 Å². The van der Waals surface area contributed by atoms with E-state index < -0.39 is 0 Å². The molecule has 3 rings (SSSR count). The topological polar surface area (TPSA) is 52.5 Å². The number of hydrogen-bond donors (Lipinski definition) is 1. The Balaban J connectivity index is 2.38. The molecular weight excluding hydrogens is 242 g/mol. The normalized spacial score (nSPS) is 13.1. The van der Waals surface area contributed by atoms with Gasteiger partial charge in [0, 0.05) is 23.7 Å². The summed E-state index contributed by atoms with van der Waals surface area (Å²) in [6.45, 7) is 0. The largest absolute Gasteiger partial charge is 0.349 e. The average molecular weight is 253 g/mol. The van der Waals surface area contributed by atoms with Crippen LogP contribution in [0.1, 0.15) is 23.2 Å². The van der Waals surface area contributed by atoms with Gasteiger partial charge in [0.1, 0.15) is 10.7 Å². The van der Waals surface area contributed by atoms with Crippen molar-refractivity contribution < 1.29 is 0 Å². The third-order valence-corrected chi connectivity index (χ3v) is 3.65. The number of H-pyrrole nitrogens is 1. The van der Waals surface area contributed by atoms with Crippen LogP contribution in [0.15, 0.2) is 24.5 Å². The second-order valence-electron chi connectivity index (χ2n) is 4.36. The zero-order chi connectivity index (χ0) is 12.5. The molecule has 0 saturated carbocycles. The van der Waals surface area contributed by atoms with Gasteiger partial charge >= 0.3 is 0 Å². The van der Waals surface area contributed by atoms with E-state index in [0.717, 1.165) is 30.4 Å². The Morgan fingerprint density at radius 2 is 2.06 bits per heavy atom. The predicted molar refractivity (Wildman–Crippen MR) is 71.6 cm³/mol. The van der Waals surface area contributed by atoms with Crippen molar-refractivity contribution in [3.8, 4) is 17.2 Å². The van der Waals surface area contributed by atoms with Crippen LogP contribution in [0.4, 0.5) is 0 Å². The van der Waals surface area contributed by atoms with Gasteiger partial charge in [0.25, 0.3) is 0 Å². The van der Waals surface area contributed by atoms with E-state index in [2.05, 4.69) is 16.0 Å². The molecule has 0 aromatic carbocycles. The zero-order valence-electron chi connectivity index (χ0n) is 9.73. The van der Waals surface area contributed by atoms with Crippen LogP contribution in [-0.4, -0.2) is 9.97 Å².